The molecular formula is C18H13BrN2O. The van der Waals surface area contributed by atoms with Gasteiger partial charge in [0.15, 0.2) is 0 Å². The van der Waals surface area contributed by atoms with Gasteiger partial charge in [0.2, 0.25) is 0 Å². The Kier molecular flexibility index (Phi) is 4.02. The third-order valence-electron chi connectivity index (χ3n) is 3.38. The Labute approximate surface area is 136 Å². The summed E-state index contributed by atoms with van der Waals surface area (Å²) < 4.78 is 0.459. The van der Waals surface area contributed by atoms with E-state index in [4.69, 9.17) is 5.73 Å². The number of hydrogen-bond acceptors (Lipinski definition) is 2. The summed E-state index contributed by atoms with van der Waals surface area (Å²) in [6.45, 7) is 0. The molecule has 2 aromatic carbocycles. The number of benzene rings is 2. The molecule has 0 saturated heterocycles. The first-order valence-corrected chi connectivity index (χ1v) is 7.57. The SMILES string of the molecule is NC(=O)c1c(-c2ccccc2)cc(-c2ccccc2)nc1Br. The van der Waals surface area contributed by atoms with Crippen LogP contribution in [0.15, 0.2) is 71.3 Å². The lowest BCUT2D eigenvalue weighted by Crippen LogP contribution is -2.14. The molecule has 0 aliphatic carbocycles. The maximum absolute atomic E-state index is 11.8. The van der Waals surface area contributed by atoms with Crippen molar-refractivity contribution in [3.8, 4) is 22.4 Å². The third kappa shape index (κ3) is 2.78. The van der Waals surface area contributed by atoms with Crippen molar-refractivity contribution in [2.45, 2.75) is 0 Å². The summed E-state index contributed by atoms with van der Waals surface area (Å²) in [6, 6.07) is 21.4. The molecule has 0 unspecified atom stereocenters. The zero-order valence-electron chi connectivity index (χ0n) is 11.7. The van der Waals surface area contributed by atoms with E-state index >= 15 is 0 Å². The molecule has 0 fully saturated rings. The molecular weight excluding hydrogens is 340 g/mol. The van der Waals surface area contributed by atoms with Crippen molar-refractivity contribution in [1.82, 2.24) is 4.98 Å². The minimum absolute atomic E-state index is 0.394. The van der Waals surface area contributed by atoms with Crippen LogP contribution in [-0.2, 0) is 0 Å². The molecule has 0 saturated carbocycles. The lowest BCUT2D eigenvalue weighted by atomic mass is 9.98. The summed E-state index contributed by atoms with van der Waals surface area (Å²) in [5.41, 5.74) is 9.40. The van der Waals surface area contributed by atoms with Gasteiger partial charge in [-0.1, -0.05) is 60.7 Å². The summed E-state index contributed by atoms with van der Waals surface area (Å²) in [5, 5.41) is 0. The summed E-state index contributed by atoms with van der Waals surface area (Å²) in [6.07, 6.45) is 0. The highest BCUT2D eigenvalue weighted by Crippen LogP contribution is 2.32. The molecule has 0 aliphatic rings. The molecule has 3 aromatic rings. The molecule has 0 radical (unpaired) electrons. The summed E-state index contributed by atoms with van der Waals surface area (Å²) in [4.78, 5) is 16.3. The van der Waals surface area contributed by atoms with Gasteiger partial charge in [0.05, 0.1) is 11.3 Å². The second kappa shape index (κ2) is 6.12. The predicted octanol–water partition coefficient (Wildman–Crippen LogP) is 4.28. The molecule has 0 spiro atoms. The zero-order chi connectivity index (χ0) is 15.5. The van der Waals surface area contributed by atoms with E-state index in [-0.39, 0.29) is 0 Å². The van der Waals surface area contributed by atoms with E-state index in [1.165, 1.54) is 0 Å². The molecule has 1 heterocycles. The highest BCUT2D eigenvalue weighted by Gasteiger charge is 2.17. The minimum atomic E-state index is -0.502. The Morgan fingerprint density at radius 3 is 2.00 bits per heavy atom. The van der Waals surface area contributed by atoms with Crippen molar-refractivity contribution in [1.29, 1.82) is 0 Å². The molecule has 4 heteroatoms. The van der Waals surface area contributed by atoms with E-state index in [1.807, 2.05) is 66.7 Å². The summed E-state index contributed by atoms with van der Waals surface area (Å²) >= 11 is 3.38. The molecule has 1 amide bonds. The van der Waals surface area contributed by atoms with Gasteiger partial charge in [-0.15, -0.1) is 0 Å². The molecule has 0 atom stereocenters. The number of carbonyl (C=O) groups is 1. The van der Waals surface area contributed by atoms with Crippen LogP contribution in [0, 0.1) is 0 Å². The van der Waals surface area contributed by atoms with Crippen molar-refractivity contribution >= 4 is 21.8 Å². The Bertz CT molecular complexity index is 817. The smallest absolute Gasteiger partial charge is 0.252 e. The lowest BCUT2D eigenvalue weighted by Gasteiger charge is -2.12. The van der Waals surface area contributed by atoms with Crippen LogP contribution in [0.1, 0.15) is 10.4 Å². The standard InChI is InChI=1S/C18H13BrN2O/c19-17-16(18(20)22)14(12-7-3-1-4-8-12)11-15(21-17)13-9-5-2-6-10-13/h1-11H,(H2,20,22). The second-order valence-electron chi connectivity index (χ2n) is 4.82. The van der Waals surface area contributed by atoms with Crippen molar-refractivity contribution < 1.29 is 4.79 Å². The van der Waals surface area contributed by atoms with Gasteiger partial charge in [-0.2, -0.15) is 0 Å². The van der Waals surface area contributed by atoms with E-state index in [1.54, 1.807) is 0 Å². The van der Waals surface area contributed by atoms with Gasteiger partial charge in [0.25, 0.3) is 5.91 Å². The number of hydrogen-bond donors (Lipinski definition) is 1. The Hall–Kier alpha value is -2.46. The number of halogens is 1. The lowest BCUT2D eigenvalue weighted by molar-refractivity contribution is 0.1000. The first-order chi connectivity index (χ1) is 10.7. The van der Waals surface area contributed by atoms with E-state index < -0.39 is 5.91 Å². The van der Waals surface area contributed by atoms with Crippen LogP contribution in [0.4, 0.5) is 0 Å². The minimum Gasteiger partial charge on any atom is -0.365 e. The third-order valence-corrected chi connectivity index (χ3v) is 3.95. The summed E-state index contributed by atoms with van der Waals surface area (Å²) in [5.74, 6) is -0.502. The maximum atomic E-state index is 11.8. The van der Waals surface area contributed by atoms with Crippen LogP contribution in [0.25, 0.3) is 22.4 Å². The summed E-state index contributed by atoms with van der Waals surface area (Å²) in [7, 11) is 0. The number of amides is 1. The number of nitrogens with two attached hydrogens (primary N) is 1. The predicted molar refractivity (Wildman–Crippen MR) is 91.3 cm³/mol. The van der Waals surface area contributed by atoms with Crippen LogP contribution in [-0.4, -0.2) is 10.9 Å². The van der Waals surface area contributed by atoms with Crippen molar-refractivity contribution in [2.24, 2.45) is 5.73 Å². The number of primary amides is 1. The fourth-order valence-corrected chi connectivity index (χ4v) is 2.95. The number of carbonyl (C=O) groups excluding carboxylic acids is 1. The van der Waals surface area contributed by atoms with Gasteiger partial charge in [-0.05, 0) is 33.1 Å². The van der Waals surface area contributed by atoms with Gasteiger partial charge in [-0.3, -0.25) is 4.79 Å². The van der Waals surface area contributed by atoms with Crippen LogP contribution < -0.4 is 5.73 Å². The fraction of sp³-hybridized carbons (Fsp3) is 0. The average molecular weight is 353 g/mol. The van der Waals surface area contributed by atoms with Crippen LogP contribution in [0.3, 0.4) is 0 Å². The van der Waals surface area contributed by atoms with Gasteiger partial charge < -0.3 is 5.73 Å². The van der Waals surface area contributed by atoms with Crippen molar-refractivity contribution in [3.05, 3.63) is 76.9 Å². The van der Waals surface area contributed by atoms with Crippen molar-refractivity contribution in [2.75, 3.05) is 0 Å². The molecule has 0 bridgehead atoms. The molecule has 108 valence electrons. The topological polar surface area (TPSA) is 56.0 Å². The number of nitrogens with zero attached hydrogens (tertiary/aromatic N) is 1. The van der Waals surface area contributed by atoms with Crippen LogP contribution >= 0.6 is 15.9 Å². The van der Waals surface area contributed by atoms with E-state index in [0.717, 1.165) is 22.4 Å². The number of aromatic nitrogens is 1. The van der Waals surface area contributed by atoms with E-state index in [9.17, 15) is 4.79 Å². The highest BCUT2D eigenvalue weighted by atomic mass is 79.9. The molecule has 1 aromatic heterocycles. The van der Waals surface area contributed by atoms with E-state index in [0.29, 0.717) is 10.2 Å². The monoisotopic (exact) mass is 352 g/mol. The fourth-order valence-electron chi connectivity index (χ4n) is 2.35. The number of pyridine rings is 1. The molecule has 0 aliphatic heterocycles. The van der Waals surface area contributed by atoms with Gasteiger partial charge in [0, 0.05) is 5.56 Å². The number of rotatable bonds is 3. The highest BCUT2D eigenvalue weighted by molar-refractivity contribution is 9.10. The molecule has 3 nitrogen and oxygen atoms in total. The quantitative estimate of drug-likeness (QED) is 0.715. The first-order valence-electron chi connectivity index (χ1n) is 6.78. The molecule has 2 N–H and O–H groups in total. The normalized spacial score (nSPS) is 10.4. The largest absolute Gasteiger partial charge is 0.365 e. The van der Waals surface area contributed by atoms with Crippen LogP contribution in [0.5, 0.6) is 0 Å². The maximum Gasteiger partial charge on any atom is 0.252 e. The first kappa shape index (κ1) is 14.5. The zero-order valence-corrected chi connectivity index (χ0v) is 13.2. The average Bonchev–Trinajstić information content (AvgIpc) is 2.55. The second-order valence-corrected chi connectivity index (χ2v) is 5.57. The molecule has 22 heavy (non-hydrogen) atoms. The van der Waals surface area contributed by atoms with Crippen LogP contribution in [0.2, 0.25) is 0 Å². The van der Waals surface area contributed by atoms with E-state index in [2.05, 4.69) is 20.9 Å². The molecule has 3 rings (SSSR count). The Balaban J connectivity index is 2.26. The Morgan fingerprint density at radius 2 is 1.45 bits per heavy atom. The van der Waals surface area contributed by atoms with Crippen molar-refractivity contribution in [3.63, 3.8) is 0 Å². The van der Waals surface area contributed by atoms with Gasteiger partial charge >= 0.3 is 0 Å². The Morgan fingerprint density at radius 1 is 0.909 bits per heavy atom. The van der Waals surface area contributed by atoms with Gasteiger partial charge in [0.1, 0.15) is 4.60 Å². The van der Waals surface area contributed by atoms with Gasteiger partial charge in [-0.25, -0.2) is 4.98 Å².